The van der Waals surface area contributed by atoms with Gasteiger partial charge in [-0.25, -0.2) is 4.98 Å². The molecule has 3 aromatic rings. The average Bonchev–Trinajstić information content (AvgIpc) is 2.75. The Labute approximate surface area is 104 Å². The summed E-state index contributed by atoms with van der Waals surface area (Å²) in [6.45, 7) is 0. The van der Waals surface area contributed by atoms with Crippen molar-refractivity contribution in [1.29, 1.82) is 0 Å². The smallest absolute Gasteiger partial charge is 0.159 e. The normalized spacial score (nSPS) is 10.8. The van der Waals surface area contributed by atoms with E-state index in [1.54, 1.807) is 23.7 Å². The Morgan fingerprint density at radius 2 is 1.88 bits per heavy atom. The maximum Gasteiger partial charge on any atom is 0.159 e. The summed E-state index contributed by atoms with van der Waals surface area (Å²) in [5.41, 5.74) is 3.82. The molecule has 16 heavy (non-hydrogen) atoms. The molecule has 0 aliphatic heterocycles. The number of hydrogen-bond donors (Lipinski definition) is 0. The van der Waals surface area contributed by atoms with Crippen LogP contribution in [0, 0.1) is 0 Å². The quantitative estimate of drug-likeness (QED) is 0.689. The molecule has 5 heteroatoms. The van der Waals surface area contributed by atoms with E-state index in [1.807, 2.05) is 23.6 Å². The Balaban J connectivity index is 2.18. The van der Waals surface area contributed by atoms with Crippen molar-refractivity contribution in [2.24, 2.45) is 0 Å². The first kappa shape index (κ1) is 9.86. The molecule has 0 saturated heterocycles. The molecule has 0 amide bonds. The van der Waals surface area contributed by atoms with Gasteiger partial charge in [-0.1, -0.05) is 6.07 Å². The third kappa shape index (κ3) is 1.72. The van der Waals surface area contributed by atoms with Crippen LogP contribution in [0.2, 0.25) is 0 Å². The second kappa shape index (κ2) is 3.92. The zero-order chi connectivity index (χ0) is 11.0. The number of benzene rings is 1. The molecule has 0 aliphatic carbocycles. The molecule has 0 unspecified atom stereocenters. The predicted octanol–water partition coefficient (Wildman–Crippen LogP) is 3.52. The molecule has 0 N–H and O–H groups in total. The molecular formula is C11H6BrN3S. The third-order valence-electron chi connectivity index (χ3n) is 2.24. The van der Waals surface area contributed by atoms with Crippen molar-refractivity contribution in [2.75, 3.05) is 0 Å². The maximum absolute atomic E-state index is 4.37. The largest absolute Gasteiger partial charge is 0.253 e. The van der Waals surface area contributed by atoms with E-state index in [2.05, 4.69) is 30.9 Å². The van der Waals surface area contributed by atoms with E-state index in [1.165, 1.54) is 0 Å². The first-order valence-electron chi connectivity index (χ1n) is 4.65. The van der Waals surface area contributed by atoms with Gasteiger partial charge in [-0.15, -0.1) is 11.3 Å². The van der Waals surface area contributed by atoms with Crippen LogP contribution in [0.4, 0.5) is 0 Å². The highest BCUT2D eigenvalue weighted by Gasteiger charge is 2.04. The molecular weight excluding hydrogens is 286 g/mol. The van der Waals surface area contributed by atoms with Gasteiger partial charge in [0.1, 0.15) is 0 Å². The van der Waals surface area contributed by atoms with Crippen molar-refractivity contribution in [1.82, 2.24) is 15.0 Å². The molecule has 3 rings (SSSR count). The fourth-order valence-corrected chi connectivity index (χ4v) is 2.53. The van der Waals surface area contributed by atoms with E-state index in [4.69, 9.17) is 0 Å². The topological polar surface area (TPSA) is 38.7 Å². The summed E-state index contributed by atoms with van der Waals surface area (Å²) in [6, 6.07) is 5.98. The minimum Gasteiger partial charge on any atom is -0.253 e. The second-order valence-electron chi connectivity index (χ2n) is 3.25. The number of thiazole rings is 1. The van der Waals surface area contributed by atoms with E-state index >= 15 is 0 Å². The van der Waals surface area contributed by atoms with Crippen LogP contribution in [0.3, 0.4) is 0 Å². The van der Waals surface area contributed by atoms with Crippen LogP contribution >= 0.6 is 27.3 Å². The van der Waals surface area contributed by atoms with E-state index in [9.17, 15) is 0 Å². The number of aromatic nitrogens is 3. The summed E-state index contributed by atoms with van der Waals surface area (Å²) >= 11 is 4.93. The molecule has 2 aromatic heterocycles. The lowest BCUT2D eigenvalue weighted by atomic mass is 10.1. The lowest BCUT2D eigenvalue weighted by Gasteiger charge is -1.98. The van der Waals surface area contributed by atoms with Crippen molar-refractivity contribution < 1.29 is 0 Å². The summed E-state index contributed by atoms with van der Waals surface area (Å²) in [6.07, 6.45) is 3.39. The van der Waals surface area contributed by atoms with Gasteiger partial charge in [0.15, 0.2) is 3.92 Å². The summed E-state index contributed by atoms with van der Waals surface area (Å²) in [5.74, 6) is 0. The van der Waals surface area contributed by atoms with Crippen LogP contribution in [-0.2, 0) is 0 Å². The number of halogens is 1. The van der Waals surface area contributed by atoms with E-state index in [-0.39, 0.29) is 0 Å². The Morgan fingerprint density at radius 3 is 2.62 bits per heavy atom. The summed E-state index contributed by atoms with van der Waals surface area (Å²) in [7, 11) is 0. The van der Waals surface area contributed by atoms with Crippen molar-refractivity contribution in [2.45, 2.75) is 0 Å². The molecule has 0 radical (unpaired) electrons. The molecule has 0 fully saturated rings. The Morgan fingerprint density at radius 1 is 1.06 bits per heavy atom. The SMILES string of the molecule is Brc1nc(-c2ccc3nccnc3c2)cs1. The van der Waals surface area contributed by atoms with Crippen LogP contribution in [0.25, 0.3) is 22.3 Å². The third-order valence-corrected chi connectivity index (χ3v) is 3.61. The number of fused-ring (bicyclic) bond motifs is 1. The Bertz CT molecular complexity index is 650. The lowest BCUT2D eigenvalue weighted by molar-refractivity contribution is 1.29. The van der Waals surface area contributed by atoms with Gasteiger partial charge in [0.2, 0.25) is 0 Å². The second-order valence-corrected chi connectivity index (χ2v) is 5.38. The number of rotatable bonds is 1. The van der Waals surface area contributed by atoms with E-state index in [0.29, 0.717) is 0 Å². The Kier molecular flexibility index (Phi) is 2.41. The predicted molar refractivity (Wildman–Crippen MR) is 68.3 cm³/mol. The molecule has 0 aliphatic rings. The first-order chi connectivity index (χ1) is 7.83. The summed E-state index contributed by atoms with van der Waals surface area (Å²) in [4.78, 5) is 12.9. The van der Waals surface area contributed by atoms with Crippen LogP contribution in [0.5, 0.6) is 0 Å². The van der Waals surface area contributed by atoms with Gasteiger partial charge in [-0.2, -0.15) is 0 Å². The van der Waals surface area contributed by atoms with Crippen LogP contribution in [-0.4, -0.2) is 15.0 Å². The van der Waals surface area contributed by atoms with Crippen molar-refractivity contribution in [3.63, 3.8) is 0 Å². The summed E-state index contributed by atoms with van der Waals surface area (Å²) in [5, 5.41) is 2.02. The zero-order valence-electron chi connectivity index (χ0n) is 8.09. The van der Waals surface area contributed by atoms with Gasteiger partial charge in [-0.3, -0.25) is 9.97 Å². The molecule has 0 atom stereocenters. The fourth-order valence-electron chi connectivity index (χ4n) is 1.51. The fraction of sp³-hybridized carbons (Fsp3) is 0. The van der Waals surface area contributed by atoms with Gasteiger partial charge in [0, 0.05) is 23.3 Å². The van der Waals surface area contributed by atoms with Gasteiger partial charge in [0.05, 0.1) is 16.7 Å². The zero-order valence-corrected chi connectivity index (χ0v) is 10.5. The molecule has 0 saturated carbocycles. The highest BCUT2D eigenvalue weighted by atomic mass is 79.9. The standard InChI is InChI=1S/C11H6BrN3S/c12-11-15-10(6-16-11)7-1-2-8-9(5-7)14-4-3-13-8/h1-6H. The van der Waals surface area contributed by atoms with Gasteiger partial charge in [-0.05, 0) is 28.1 Å². The van der Waals surface area contributed by atoms with Crippen LogP contribution < -0.4 is 0 Å². The lowest BCUT2D eigenvalue weighted by Crippen LogP contribution is -1.83. The number of nitrogens with zero attached hydrogens (tertiary/aromatic N) is 3. The molecule has 78 valence electrons. The monoisotopic (exact) mass is 291 g/mol. The molecule has 2 heterocycles. The summed E-state index contributed by atoms with van der Waals surface area (Å²) < 4.78 is 0.891. The Hall–Kier alpha value is -1.33. The highest BCUT2D eigenvalue weighted by molar-refractivity contribution is 9.11. The van der Waals surface area contributed by atoms with E-state index < -0.39 is 0 Å². The minimum absolute atomic E-state index is 0.891. The molecule has 1 aromatic carbocycles. The molecule has 0 bridgehead atoms. The maximum atomic E-state index is 4.37. The number of hydrogen-bond acceptors (Lipinski definition) is 4. The van der Waals surface area contributed by atoms with Crippen molar-refractivity contribution >= 4 is 38.3 Å². The highest BCUT2D eigenvalue weighted by Crippen LogP contribution is 2.26. The van der Waals surface area contributed by atoms with Gasteiger partial charge in [0.25, 0.3) is 0 Å². The minimum atomic E-state index is 0.891. The van der Waals surface area contributed by atoms with Crippen LogP contribution in [0.1, 0.15) is 0 Å². The molecule has 3 nitrogen and oxygen atoms in total. The van der Waals surface area contributed by atoms with Gasteiger partial charge < -0.3 is 0 Å². The molecule has 0 spiro atoms. The average molecular weight is 292 g/mol. The van der Waals surface area contributed by atoms with Crippen LogP contribution in [0.15, 0.2) is 39.9 Å². The first-order valence-corrected chi connectivity index (χ1v) is 6.32. The van der Waals surface area contributed by atoms with E-state index in [0.717, 1.165) is 26.2 Å². The van der Waals surface area contributed by atoms with Crippen molar-refractivity contribution in [3.05, 3.63) is 39.9 Å². The van der Waals surface area contributed by atoms with Crippen molar-refractivity contribution in [3.8, 4) is 11.3 Å². The van der Waals surface area contributed by atoms with Gasteiger partial charge >= 0.3 is 0 Å².